The lowest BCUT2D eigenvalue weighted by atomic mass is 9.73. The molecule has 0 radical (unpaired) electrons. The second-order valence-electron chi connectivity index (χ2n) is 8.68. The van der Waals surface area contributed by atoms with Crippen LogP contribution in [0.1, 0.15) is 58.4 Å². The number of carbonyl (C=O) groups is 2. The second kappa shape index (κ2) is 7.37. The number of likely N-dealkylation sites (tertiary alicyclic amines) is 2. The number of rotatable bonds is 4. The molecule has 2 aliphatic heterocycles. The highest BCUT2D eigenvalue weighted by atomic mass is 16.2. The Morgan fingerprint density at radius 1 is 1.31 bits per heavy atom. The van der Waals surface area contributed by atoms with E-state index in [1.54, 1.807) is 6.20 Å². The second-order valence-corrected chi connectivity index (χ2v) is 8.68. The minimum absolute atomic E-state index is 0.0495. The van der Waals surface area contributed by atoms with Crippen molar-refractivity contribution in [2.75, 3.05) is 19.6 Å². The zero-order chi connectivity index (χ0) is 18.8. The molecular weight excluding hydrogens is 326 g/mol. The summed E-state index contributed by atoms with van der Waals surface area (Å²) in [7, 11) is 0. The van der Waals surface area contributed by atoms with Gasteiger partial charge in [-0.1, -0.05) is 26.8 Å². The van der Waals surface area contributed by atoms with Gasteiger partial charge in [-0.15, -0.1) is 0 Å². The van der Waals surface area contributed by atoms with E-state index in [9.17, 15) is 9.59 Å². The van der Waals surface area contributed by atoms with Crippen LogP contribution in [0.25, 0.3) is 0 Å². The average molecular weight is 357 g/mol. The highest BCUT2D eigenvalue weighted by Gasteiger charge is 2.44. The number of aromatic nitrogens is 1. The molecule has 0 N–H and O–H groups in total. The lowest BCUT2D eigenvalue weighted by Crippen LogP contribution is -2.56. The van der Waals surface area contributed by atoms with E-state index in [1.807, 2.05) is 37.1 Å². The normalized spacial score (nSPS) is 24.2. The Balaban J connectivity index is 1.72. The first-order chi connectivity index (χ1) is 12.4. The van der Waals surface area contributed by atoms with Crippen LogP contribution in [-0.2, 0) is 16.1 Å². The number of nitrogens with zero attached hydrogens (tertiary/aromatic N) is 3. The van der Waals surface area contributed by atoms with Crippen molar-refractivity contribution < 1.29 is 9.59 Å². The van der Waals surface area contributed by atoms with Crippen molar-refractivity contribution in [3.8, 4) is 0 Å². The highest BCUT2D eigenvalue weighted by Crippen LogP contribution is 2.40. The molecule has 0 aromatic carbocycles. The molecule has 26 heavy (non-hydrogen) atoms. The number of carbonyl (C=O) groups excluding carboxylic acids is 2. The van der Waals surface area contributed by atoms with E-state index in [0.29, 0.717) is 13.0 Å². The predicted molar refractivity (Wildman–Crippen MR) is 101 cm³/mol. The quantitative estimate of drug-likeness (QED) is 0.831. The Morgan fingerprint density at radius 2 is 2.12 bits per heavy atom. The van der Waals surface area contributed by atoms with Gasteiger partial charge in [0.2, 0.25) is 11.8 Å². The van der Waals surface area contributed by atoms with Gasteiger partial charge in [-0.3, -0.25) is 14.6 Å². The fourth-order valence-corrected chi connectivity index (χ4v) is 4.25. The summed E-state index contributed by atoms with van der Waals surface area (Å²) >= 11 is 0. The standard InChI is InChI=1S/C21H31N3O2/c1-4-20(2,3)19(26)23-12-6-9-21(15-23)10-8-18(25)24(16-21)14-17-7-5-11-22-13-17/h5,7,11,13H,4,6,8-10,12,14-16H2,1-3H3. The van der Waals surface area contributed by atoms with E-state index < -0.39 is 0 Å². The van der Waals surface area contributed by atoms with Crippen LogP contribution in [0.3, 0.4) is 0 Å². The van der Waals surface area contributed by atoms with E-state index in [0.717, 1.165) is 50.9 Å². The molecule has 2 fully saturated rings. The van der Waals surface area contributed by atoms with Crippen LogP contribution in [0.5, 0.6) is 0 Å². The molecule has 5 nitrogen and oxygen atoms in total. The molecule has 1 aromatic heterocycles. The molecule has 5 heteroatoms. The SMILES string of the molecule is CCC(C)(C)C(=O)N1CCCC2(CCC(=O)N(Cc3cccnc3)C2)C1. The first-order valence-corrected chi connectivity index (χ1v) is 9.81. The van der Waals surface area contributed by atoms with Crippen LogP contribution in [0, 0.1) is 10.8 Å². The molecular formula is C21H31N3O2. The topological polar surface area (TPSA) is 53.5 Å². The fourth-order valence-electron chi connectivity index (χ4n) is 4.25. The molecule has 0 bridgehead atoms. The van der Waals surface area contributed by atoms with Crippen LogP contribution in [0.15, 0.2) is 24.5 Å². The first-order valence-electron chi connectivity index (χ1n) is 9.81. The van der Waals surface area contributed by atoms with Gasteiger partial charge in [0.1, 0.15) is 0 Å². The molecule has 0 saturated carbocycles. The fraction of sp³-hybridized carbons (Fsp3) is 0.667. The molecule has 1 spiro atoms. The van der Waals surface area contributed by atoms with Gasteiger partial charge in [-0.25, -0.2) is 0 Å². The van der Waals surface area contributed by atoms with Gasteiger partial charge in [0.15, 0.2) is 0 Å². The molecule has 1 unspecified atom stereocenters. The largest absolute Gasteiger partial charge is 0.342 e. The summed E-state index contributed by atoms with van der Waals surface area (Å²) < 4.78 is 0. The lowest BCUT2D eigenvalue weighted by molar-refractivity contribution is -0.148. The molecule has 2 saturated heterocycles. The monoisotopic (exact) mass is 357 g/mol. The van der Waals surface area contributed by atoms with Crippen molar-refractivity contribution in [1.29, 1.82) is 0 Å². The van der Waals surface area contributed by atoms with Gasteiger partial charge < -0.3 is 9.80 Å². The summed E-state index contributed by atoms with van der Waals surface area (Å²) in [6.45, 7) is 9.14. The van der Waals surface area contributed by atoms with Gasteiger partial charge >= 0.3 is 0 Å². The van der Waals surface area contributed by atoms with E-state index in [1.165, 1.54) is 0 Å². The average Bonchev–Trinajstić information content (AvgIpc) is 2.65. The summed E-state index contributed by atoms with van der Waals surface area (Å²) in [6.07, 6.45) is 8.03. The van der Waals surface area contributed by atoms with Crippen molar-refractivity contribution in [1.82, 2.24) is 14.8 Å². The van der Waals surface area contributed by atoms with Gasteiger partial charge in [-0.2, -0.15) is 0 Å². The molecule has 0 aliphatic carbocycles. The Labute approximate surface area is 156 Å². The third kappa shape index (κ3) is 3.92. The lowest BCUT2D eigenvalue weighted by Gasteiger charge is -2.49. The number of hydrogen-bond donors (Lipinski definition) is 0. The van der Waals surface area contributed by atoms with Gasteiger partial charge in [-0.05, 0) is 37.3 Å². The molecule has 2 aliphatic rings. The van der Waals surface area contributed by atoms with Gasteiger partial charge in [0.25, 0.3) is 0 Å². The van der Waals surface area contributed by atoms with Crippen LogP contribution in [0.2, 0.25) is 0 Å². The predicted octanol–water partition coefficient (Wildman–Crippen LogP) is 3.25. The third-order valence-corrected chi connectivity index (χ3v) is 6.26. The third-order valence-electron chi connectivity index (χ3n) is 6.26. The zero-order valence-electron chi connectivity index (χ0n) is 16.3. The molecule has 2 amide bonds. The van der Waals surface area contributed by atoms with Crippen LogP contribution >= 0.6 is 0 Å². The zero-order valence-corrected chi connectivity index (χ0v) is 16.3. The molecule has 142 valence electrons. The van der Waals surface area contributed by atoms with Crippen LogP contribution < -0.4 is 0 Å². The Hall–Kier alpha value is -1.91. The molecule has 3 rings (SSSR count). The van der Waals surface area contributed by atoms with Crippen molar-refractivity contribution in [2.24, 2.45) is 10.8 Å². The van der Waals surface area contributed by atoms with E-state index in [-0.39, 0.29) is 22.6 Å². The van der Waals surface area contributed by atoms with Crippen LogP contribution in [0.4, 0.5) is 0 Å². The highest BCUT2D eigenvalue weighted by molar-refractivity contribution is 5.82. The maximum absolute atomic E-state index is 13.0. The maximum atomic E-state index is 13.0. The smallest absolute Gasteiger partial charge is 0.228 e. The summed E-state index contributed by atoms with van der Waals surface area (Å²) in [4.78, 5) is 33.6. The van der Waals surface area contributed by atoms with Crippen LogP contribution in [-0.4, -0.2) is 46.2 Å². The minimum Gasteiger partial charge on any atom is -0.342 e. The molecule has 1 atom stereocenters. The number of piperidine rings is 2. The maximum Gasteiger partial charge on any atom is 0.228 e. The van der Waals surface area contributed by atoms with Crippen molar-refractivity contribution in [2.45, 2.75) is 59.4 Å². The van der Waals surface area contributed by atoms with E-state index in [2.05, 4.69) is 16.8 Å². The number of pyridine rings is 1. The summed E-state index contributed by atoms with van der Waals surface area (Å²) in [5.41, 5.74) is 0.806. The van der Waals surface area contributed by atoms with Gasteiger partial charge in [0, 0.05) is 55.8 Å². The van der Waals surface area contributed by atoms with Crippen molar-refractivity contribution >= 4 is 11.8 Å². The minimum atomic E-state index is -0.307. The Morgan fingerprint density at radius 3 is 2.81 bits per heavy atom. The summed E-state index contributed by atoms with van der Waals surface area (Å²) in [5.74, 6) is 0.478. The first kappa shape index (κ1) is 18.9. The van der Waals surface area contributed by atoms with E-state index in [4.69, 9.17) is 0 Å². The van der Waals surface area contributed by atoms with Crippen molar-refractivity contribution in [3.63, 3.8) is 0 Å². The van der Waals surface area contributed by atoms with E-state index >= 15 is 0 Å². The number of amides is 2. The summed E-state index contributed by atoms with van der Waals surface area (Å²) in [5, 5.41) is 0. The number of hydrogen-bond acceptors (Lipinski definition) is 3. The summed E-state index contributed by atoms with van der Waals surface area (Å²) in [6, 6.07) is 3.93. The van der Waals surface area contributed by atoms with Gasteiger partial charge in [0.05, 0.1) is 0 Å². The molecule has 1 aromatic rings. The van der Waals surface area contributed by atoms with Crippen molar-refractivity contribution in [3.05, 3.63) is 30.1 Å². The Bertz CT molecular complexity index is 658. The Kier molecular flexibility index (Phi) is 5.35. The molecule has 3 heterocycles.